The molecule has 0 spiro atoms. The van der Waals surface area contributed by atoms with E-state index in [1.54, 1.807) is 55.1 Å². The lowest BCUT2D eigenvalue weighted by Gasteiger charge is -2.03. The van der Waals surface area contributed by atoms with E-state index in [2.05, 4.69) is 35.9 Å². The van der Waals surface area contributed by atoms with Crippen LogP contribution < -0.4 is 17.0 Å². The molecule has 1 aliphatic rings. The van der Waals surface area contributed by atoms with E-state index in [9.17, 15) is 19.2 Å². The minimum atomic E-state index is -0.416. The Morgan fingerprint density at radius 1 is 0.795 bits per heavy atom. The summed E-state index contributed by atoms with van der Waals surface area (Å²) in [7, 11) is 0.0792. The number of aldehydes is 1. The Hall–Kier alpha value is -3.05. The Bertz CT molecular complexity index is 1360. The quantitative estimate of drug-likeness (QED) is 0.101. The molecule has 1 N–H and O–H groups in total. The first kappa shape index (κ1) is 39.0. The molecule has 1 aliphatic heterocycles. The molecular formula is C34H41BrO7S2. The van der Waals surface area contributed by atoms with Gasteiger partial charge in [-0.05, 0) is 92.9 Å². The second-order valence-corrected chi connectivity index (χ2v) is 12.8. The number of hydrogen-bond acceptors (Lipinski definition) is 8. The number of benzene rings is 3. The largest absolute Gasteiger partial charge is 1.00 e. The first-order valence-electron chi connectivity index (χ1n) is 14.3. The van der Waals surface area contributed by atoms with Gasteiger partial charge in [-0.1, -0.05) is 46.9 Å². The van der Waals surface area contributed by atoms with E-state index in [1.165, 1.54) is 10.6 Å². The molecule has 44 heavy (non-hydrogen) atoms. The minimum Gasteiger partial charge on any atom is -1.00 e. The Kier molecular flexibility index (Phi) is 19.9. The van der Waals surface area contributed by atoms with Gasteiger partial charge in [-0.3, -0.25) is 4.79 Å². The molecule has 10 heteroatoms. The lowest BCUT2D eigenvalue weighted by molar-refractivity contribution is -0.121. The molecule has 0 aromatic heterocycles. The summed E-state index contributed by atoms with van der Waals surface area (Å²) in [6, 6.07) is 22.8. The number of ether oxygens (including phenoxy) is 2. The molecule has 0 radical (unpaired) electrons. The van der Waals surface area contributed by atoms with Gasteiger partial charge in [0.05, 0.1) is 35.0 Å². The molecule has 0 aliphatic carbocycles. The van der Waals surface area contributed by atoms with Gasteiger partial charge in [0, 0.05) is 12.8 Å². The van der Waals surface area contributed by atoms with E-state index in [1.807, 2.05) is 23.9 Å². The van der Waals surface area contributed by atoms with Crippen LogP contribution in [-0.2, 0) is 42.4 Å². The fourth-order valence-corrected chi connectivity index (χ4v) is 7.69. The number of aryl methyl sites for hydroxylation is 2. The molecule has 1 atom stereocenters. The topological polar surface area (TPSA) is 107 Å². The number of ketones is 1. The second kappa shape index (κ2) is 22.5. The van der Waals surface area contributed by atoms with Crippen LogP contribution in [0.5, 0.6) is 0 Å². The van der Waals surface area contributed by atoms with E-state index in [4.69, 9.17) is 14.6 Å². The highest BCUT2D eigenvalue weighted by molar-refractivity contribution is 8.26. The van der Waals surface area contributed by atoms with Crippen LogP contribution in [0, 0.1) is 0 Å². The molecule has 1 heterocycles. The number of fused-ring (bicyclic) bond motifs is 1. The fraction of sp³-hybridized carbons (Fsp3) is 0.324. The van der Waals surface area contributed by atoms with Crippen LogP contribution in [0.15, 0.2) is 82.6 Å². The Morgan fingerprint density at radius 2 is 1.32 bits per heavy atom. The maximum Gasteiger partial charge on any atom is 0.338 e. The highest BCUT2D eigenvalue weighted by Gasteiger charge is 2.16. The van der Waals surface area contributed by atoms with Crippen LogP contribution >= 0.6 is 11.8 Å². The van der Waals surface area contributed by atoms with Gasteiger partial charge >= 0.3 is 11.9 Å². The summed E-state index contributed by atoms with van der Waals surface area (Å²) in [6.07, 6.45) is 3.00. The van der Waals surface area contributed by atoms with Gasteiger partial charge in [0.1, 0.15) is 22.5 Å². The van der Waals surface area contributed by atoms with Crippen LogP contribution in [-0.4, -0.2) is 59.4 Å². The highest BCUT2D eigenvalue weighted by Crippen LogP contribution is 2.30. The van der Waals surface area contributed by atoms with E-state index < -0.39 is 6.61 Å². The number of halogens is 1. The summed E-state index contributed by atoms with van der Waals surface area (Å²) in [5.74, 6) is 0.462. The van der Waals surface area contributed by atoms with Gasteiger partial charge in [-0.25, -0.2) is 9.59 Å². The van der Waals surface area contributed by atoms with Gasteiger partial charge in [-0.2, -0.15) is 0 Å². The number of thiol groups is 1. The monoisotopic (exact) mass is 704 g/mol. The van der Waals surface area contributed by atoms with Crippen LogP contribution in [0.2, 0.25) is 0 Å². The van der Waals surface area contributed by atoms with Crippen molar-refractivity contribution < 1.29 is 50.7 Å². The third-order valence-electron chi connectivity index (χ3n) is 6.17. The van der Waals surface area contributed by atoms with Crippen molar-refractivity contribution in [1.29, 1.82) is 0 Å². The zero-order chi connectivity index (χ0) is 31.5. The summed E-state index contributed by atoms with van der Waals surface area (Å²) in [6.45, 7) is 6.12. The number of Topliss-reactive ketones (excluding diaryl/α,β-unsaturated/α-hetero) is 1. The molecule has 7 nitrogen and oxygen atoms in total. The summed E-state index contributed by atoms with van der Waals surface area (Å²) in [5, 5.41) is 8.58. The standard InChI is InChI=1S/C13H16O4.C12H14O3.C9H10S2.BrH/c1-2-17-13(16)11-6-3-10(4-7-11)5-8-12(15)9-14;1-2-15-12(14)11-7-5-10(6-8-11)4-3-9-13;1-2-11-7-10-8-5-3-4-6-9(8)11;/h3-4,6-7,14H,2,5,8-9H2,1H3;5-9H,2-4H2,1H3;3-7H,2H2,1H3;1H. The summed E-state index contributed by atoms with van der Waals surface area (Å²) in [4.78, 5) is 46.8. The Balaban J connectivity index is 0.000000332. The van der Waals surface area contributed by atoms with E-state index >= 15 is 0 Å². The van der Waals surface area contributed by atoms with Gasteiger partial charge < -0.3 is 36.4 Å². The number of aliphatic hydroxyl groups excluding tert-OH is 1. The van der Waals surface area contributed by atoms with Gasteiger partial charge in [0.2, 0.25) is 0 Å². The molecule has 0 saturated heterocycles. The van der Waals surface area contributed by atoms with E-state index in [0.29, 0.717) is 50.0 Å². The van der Waals surface area contributed by atoms with Crippen LogP contribution in [0.4, 0.5) is 0 Å². The van der Waals surface area contributed by atoms with Crippen molar-refractivity contribution >= 4 is 51.0 Å². The number of carbonyl (C=O) groups excluding carboxylic acids is 4. The predicted molar refractivity (Wildman–Crippen MR) is 176 cm³/mol. The van der Waals surface area contributed by atoms with Crippen molar-refractivity contribution in [2.45, 2.75) is 56.2 Å². The highest BCUT2D eigenvalue weighted by atomic mass is 79.9. The number of carbonyl (C=O) groups is 4. The van der Waals surface area contributed by atoms with Gasteiger partial charge in [-0.15, -0.1) is 0 Å². The molecule has 238 valence electrons. The molecule has 0 saturated carbocycles. The average Bonchev–Trinajstić information content (AvgIpc) is 3.47. The number of esters is 2. The average molecular weight is 706 g/mol. The summed E-state index contributed by atoms with van der Waals surface area (Å²) in [5.41, 5.74) is 3.06. The van der Waals surface area contributed by atoms with Crippen molar-refractivity contribution in [1.82, 2.24) is 0 Å². The van der Waals surface area contributed by atoms with Crippen molar-refractivity contribution in [2.75, 3.05) is 25.6 Å². The molecule has 3 aromatic carbocycles. The molecule has 3 aromatic rings. The fourth-order valence-electron chi connectivity index (χ4n) is 3.85. The normalized spacial score (nSPS) is 12.4. The third kappa shape index (κ3) is 13.7. The molecular weight excluding hydrogens is 664 g/mol. The number of hydrogen-bond donors (Lipinski definition) is 1. The minimum absolute atomic E-state index is 0. The Labute approximate surface area is 277 Å². The predicted octanol–water partition coefficient (Wildman–Crippen LogP) is 2.64. The third-order valence-corrected chi connectivity index (χ3v) is 10.1. The van der Waals surface area contributed by atoms with Crippen LogP contribution in [0.25, 0.3) is 0 Å². The second-order valence-electron chi connectivity index (χ2n) is 9.21. The molecule has 1 unspecified atom stereocenters. The zero-order valence-corrected chi connectivity index (χ0v) is 28.7. The van der Waals surface area contributed by atoms with Crippen molar-refractivity contribution in [3.63, 3.8) is 0 Å². The molecule has 0 fully saturated rings. The number of thioether (sulfide) groups is 1. The van der Waals surface area contributed by atoms with Crippen LogP contribution in [0.1, 0.15) is 65.5 Å². The van der Waals surface area contributed by atoms with E-state index in [0.717, 1.165) is 17.4 Å². The van der Waals surface area contributed by atoms with Crippen molar-refractivity contribution in [2.24, 2.45) is 0 Å². The molecule has 0 amide bonds. The first-order valence-corrected chi connectivity index (χ1v) is 16.8. The van der Waals surface area contributed by atoms with E-state index in [-0.39, 0.29) is 45.2 Å². The Morgan fingerprint density at radius 3 is 1.80 bits per heavy atom. The molecule has 4 rings (SSSR count). The van der Waals surface area contributed by atoms with Crippen molar-refractivity contribution in [3.05, 3.63) is 95.1 Å². The zero-order valence-electron chi connectivity index (χ0n) is 25.4. The first-order chi connectivity index (χ1) is 20.9. The number of aliphatic hydroxyl groups is 1. The lowest BCUT2D eigenvalue weighted by atomic mass is 10.1. The van der Waals surface area contributed by atoms with Crippen molar-refractivity contribution in [3.8, 4) is 0 Å². The SMILES string of the molecule is CCOC(=O)c1ccc(CCC(=O)CO)cc1.CCOC(=O)c1ccc(CCC=O)cc1.CC[SH+]1=CSc2ccccc21.[Br-]. The summed E-state index contributed by atoms with van der Waals surface area (Å²) >= 11 is 1.90. The maximum absolute atomic E-state index is 11.4. The van der Waals surface area contributed by atoms with Gasteiger partial charge in [0.25, 0.3) is 0 Å². The molecule has 0 bridgehead atoms. The smallest absolute Gasteiger partial charge is 0.338 e. The maximum atomic E-state index is 11.4. The lowest BCUT2D eigenvalue weighted by Crippen LogP contribution is -3.00. The number of rotatable bonds is 12. The van der Waals surface area contributed by atoms with Crippen LogP contribution in [0.3, 0.4) is 0 Å². The van der Waals surface area contributed by atoms with Gasteiger partial charge in [0.15, 0.2) is 5.78 Å². The summed E-state index contributed by atoms with van der Waals surface area (Å²) < 4.78 is 12.1.